The highest BCUT2D eigenvalue weighted by atomic mass is 32.1. The number of carbonyl (C=O) groups excluding carboxylic acids is 1. The highest BCUT2D eigenvalue weighted by molar-refractivity contribution is 7.22. The zero-order valence-corrected chi connectivity index (χ0v) is 18.8. The van der Waals surface area contributed by atoms with Gasteiger partial charge in [-0.25, -0.2) is 4.98 Å². The van der Waals surface area contributed by atoms with Crippen LogP contribution in [0.25, 0.3) is 21.5 Å². The number of nitrogens with zero attached hydrogens (tertiary/aromatic N) is 4. The molecule has 0 atom stereocenters. The predicted molar refractivity (Wildman–Crippen MR) is 128 cm³/mol. The third kappa shape index (κ3) is 4.43. The average Bonchev–Trinajstić information content (AvgIpc) is 3.23. The summed E-state index contributed by atoms with van der Waals surface area (Å²) in [6.07, 6.45) is 8.41. The van der Waals surface area contributed by atoms with Gasteiger partial charge in [-0.3, -0.25) is 4.79 Å². The van der Waals surface area contributed by atoms with Gasteiger partial charge in [-0.15, -0.1) is 0 Å². The smallest absolute Gasteiger partial charge is 0.221 e. The molecule has 2 aliphatic heterocycles. The van der Waals surface area contributed by atoms with Crippen molar-refractivity contribution in [1.29, 1.82) is 0 Å². The molecule has 0 radical (unpaired) electrons. The molecule has 2 aromatic heterocycles. The minimum Gasteiger partial charge on any atom is -0.348 e. The van der Waals surface area contributed by atoms with E-state index in [0.29, 0.717) is 0 Å². The SMILES string of the molecule is CC(=O)Nc1ccccc1-c1cnc2nc(N3CCC(N4CCCCC4)CC3)sc2c1. The molecule has 6 nitrogen and oxygen atoms in total. The number of nitrogens with one attached hydrogen (secondary N) is 1. The second-order valence-corrected chi connectivity index (χ2v) is 9.59. The minimum atomic E-state index is -0.0745. The Kier molecular flexibility index (Phi) is 5.87. The van der Waals surface area contributed by atoms with Gasteiger partial charge in [0.25, 0.3) is 0 Å². The van der Waals surface area contributed by atoms with Gasteiger partial charge in [-0.1, -0.05) is 36.0 Å². The van der Waals surface area contributed by atoms with Gasteiger partial charge in [0.1, 0.15) is 0 Å². The highest BCUT2D eigenvalue weighted by Crippen LogP contribution is 2.35. The van der Waals surface area contributed by atoms with Gasteiger partial charge in [0.2, 0.25) is 5.91 Å². The fourth-order valence-electron chi connectivity index (χ4n) is 4.83. The first-order chi connectivity index (χ1) is 15.2. The van der Waals surface area contributed by atoms with Crippen molar-refractivity contribution in [3.8, 4) is 11.1 Å². The summed E-state index contributed by atoms with van der Waals surface area (Å²) >= 11 is 1.72. The van der Waals surface area contributed by atoms with Gasteiger partial charge in [0.15, 0.2) is 10.8 Å². The molecule has 2 fully saturated rings. The van der Waals surface area contributed by atoms with Crippen LogP contribution in [0.15, 0.2) is 36.5 Å². The van der Waals surface area contributed by atoms with E-state index in [-0.39, 0.29) is 5.91 Å². The molecule has 1 amide bonds. The monoisotopic (exact) mass is 435 g/mol. The number of hydrogen-bond donors (Lipinski definition) is 1. The standard InChI is InChI=1S/C24H29N5OS/c1-17(30)26-21-8-4-3-7-20(21)18-15-22-23(25-16-18)27-24(31-22)29-13-9-19(10-14-29)28-11-5-2-6-12-28/h3-4,7-8,15-16,19H,2,5-6,9-14H2,1H3,(H,26,30). The van der Waals surface area contributed by atoms with E-state index in [4.69, 9.17) is 4.98 Å². The molecule has 4 heterocycles. The second-order valence-electron chi connectivity index (χ2n) is 8.58. The summed E-state index contributed by atoms with van der Waals surface area (Å²) in [4.78, 5) is 26.2. The molecule has 2 saturated heterocycles. The number of amides is 1. The van der Waals surface area contributed by atoms with Crippen molar-refractivity contribution in [2.45, 2.75) is 45.1 Å². The van der Waals surface area contributed by atoms with Crippen molar-refractivity contribution in [3.05, 3.63) is 36.5 Å². The molecule has 0 unspecified atom stereocenters. The maximum atomic E-state index is 11.6. The van der Waals surface area contributed by atoms with E-state index in [0.717, 1.165) is 51.4 Å². The molecule has 2 aliphatic rings. The molecular weight excluding hydrogens is 406 g/mol. The molecule has 0 aliphatic carbocycles. The Labute approximate surface area is 187 Å². The number of fused-ring (bicyclic) bond motifs is 1. The summed E-state index contributed by atoms with van der Waals surface area (Å²) in [5, 5.41) is 3.99. The van der Waals surface area contributed by atoms with E-state index in [2.05, 4.69) is 26.2 Å². The number of aromatic nitrogens is 2. The number of pyridine rings is 1. The number of thiazole rings is 1. The number of benzene rings is 1. The fourth-order valence-corrected chi connectivity index (χ4v) is 5.85. The topological polar surface area (TPSA) is 61.4 Å². The van der Waals surface area contributed by atoms with E-state index < -0.39 is 0 Å². The molecule has 5 rings (SSSR count). The third-order valence-corrected chi connectivity index (χ3v) is 7.48. The first-order valence-electron chi connectivity index (χ1n) is 11.3. The summed E-state index contributed by atoms with van der Waals surface area (Å²) < 4.78 is 1.09. The van der Waals surface area contributed by atoms with Crippen molar-refractivity contribution < 1.29 is 4.79 Å². The molecule has 0 saturated carbocycles. The Balaban J connectivity index is 1.33. The van der Waals surface area contributed by atoms with Crippen LogP contribution >= 0.6 is 11.3 Å². The number of likely N-dealkylation sites (tertiary alicyclic amines) is 1. The van der Waals surface area contributed by atoms with Gasteiger partial charge >= 0.3 is 0 Å². The highest BCUT2D eigenvalue weighted by Gasteiger charge is 2.27. The van der Waals surface area contributed by atoms with Crippen LogP contribution in [0.5, 0.6) is 0 Å². The molecule has 7 heteroatoms. The summed E-state index contributed by atoms with van der Waals surface area (Å²) in [7, 11) is 0. The molecular formula is C24H29N5OS. The Morgan fingerprint density at radius 3 is 2.65 bits per heavy atom. The minimum absolute atomic E-state index is 0.0745. The lowest BCUT2D eigenvalue weighted by atomic mass is 10.0. The third-order valence-electron chi connectivity index (χ3n) is 6.43. The molecule has 3 aromatic rings. The van der Waals surface area contributed by atoms with Crippen molar-refractivity contribution in [3.63, 3.8) is 0 Å². The van der Waals surface area contributed by atoms with Gasteiger partial charge < -0.3 is 15.1 Å². The molecule has 1 aromatic carbocycles. The van der Waals surface area contributed by atoms with E-state index in [1.165, 1.54) is 52.1 Å². The zero-order valence-electron chi connectivity index (χ0n) is 18.0. The number of hydrogen-bond acceptors (Lipinski definition) is 6. The largest absolute Gasteiger partial charge is 0.348 e. The summed E-state index contributed by atoms with van der Waals surface area (Å²) in [6.45, 7) is 6.22. The maximum absolute atomic E-state index is 11.6. The maximum Gasteiger partial charge on any atom is 0.221 e. The van der Waals surface area contributed by atoms with Crippen LogP contribution in [0.2, 0.25) is 0 Å². The Hall–Kier alpha value is -2.51. The number of anilines is 2. The van der Waals surface area contributed by atoms with Crippen molar-refractivity contribution in [1.82, 2.24) is 14.9 Å². The number of carbonyl (C=O) groups is 1. The van der Waals surface area contributed by atoms with Crippen molar-refractivity contribution in [2.75, 3.05) is 36.4 Å². The van der Waals surface area contributed by atoms with Crippen LogP contribution in [-0.2, 0) is 4.79 Å². The normalized spacial score (nSPS) is 18.4. The Morgan fingerprint density at radius 2 is 1.87 bits per heavy atom. The lowest BCUT2D eigenvalue weighted by molar-refractivity contribution is -0.114. The first-order valence-corrected chi connectivity index (χ1v) is 12.1. The van der Waals surface area contributed by atoms with E-state index in [1.807, 2.05) is 30.5 Å². The summed E-state index contributed by atoms with van der Waals surface area (Å²) in [6, 6.07) is 10.7. The lowest BCUT2D eigenvalue weighted by Gasteiger charge is -2.40. The van der Waals surface area contributed by atoms with E-state index in [1.54, 1.807) is 11.3 Å². The summed E-state index contributed by atoms with van der Waals surface area (Å²) in [5.41, 5.74) is 3.58. The average molecular weight is 436 g/mol. The van der Waals surface area contributed by atoms with Gasteiger partial charge in [0.05, 0.1) is 4.70 Å². The number of rotatable bonds is 4. The first kappa shape index (κ1) is 20.4. The van der Waals surface area contributed by atoms with Crippen LogP contribution in [-0.4, -0.2) is 53.0 Å². The number of para-hydroxylation sites is 1. The predicted octanol–water partition coefficient (Wildman–Crippen LogP) is 4.77. The molecule has 0 spiro atoms. The van der Waals surface area contributed by atoms with Crippen LogP contribution in [0.1, 0.15) is 39.0 Å². The van der Waals surface area contributed by atoms with Crippen LogP contribution in [0, 0.1) is 0 Å². The van der Waals surface area contributed by atoms with Gasteiger partial charge in [-0.2, -0.15) is 4.98 Å². The fraction of sp³-hybridized carbons (Fsp3) is 0.458. The van der Waals surface area contributed by atoms with Crippen LogP contribution < -0.4 is 10.2 Å². The van der Waals surface area contributed by atoms with Gasteiger partial charge in [-0.05, 0) is 50.9 Å². The number of piperidine rings is 2. The van der Waals surface area contributed by atoms with E-state index >= 15 is 0 Å². The second kappa shape index (κ2) is 8.93. The molecule has 31 heavy (non-hydrogen) atoms. The van der Waals surface area contributed by atoms with Crippen molar-refractivity contribution >= 4 is 38.4 Å². The lowest BCUT2D eigenvalue weighted by Crippen LogP contribution is -2.46. The Morgan fingerprint density at radius 1 is 1.10 bits per heavy atom. The van der Waals surface area contributed by atoms with E-state index in [9.17, 15) is 4.79 Å². The quantitative estimate of drug-likeness (QED) is 0.640. The Bertz CT molecular complexity index is 1070. The van der Waals surface area contributed by atoms with Crippen LogP contribution in [0.3, 0.4) is 0 Å². The molecule has 0 bridgehead atoms. The van der Waals surface area contributed by atoms with Gasteiger partial charge in [0, 0.05) is 49.1 Å². The van der Waals surface area contributed by atoms with Crippen molar-refractivity contribution in [2.24, 2.45) is 0 Å². The summed E-state index contributed by atoms with van der Waals surface area (Å²) in [5.74, 6) is -0.0745. The molecule has 1 N–H and O–H groups in total. The molecule has 162 valence electrons. The van der Waals surface area contributed by atoms with Crippen LogP contribution in [0.4, 0.5) is 10.8 Å². The zero-order chi connectivity index (χ0) is 21.2.